The van der Waals surface area contributed by atoms with E-state index in [0.29, 0.717) is 4.47 Å². The minimum atomic E-state index is -3.87. The topological polar surface area (TPSA) is 83.9 Å². The molecule has 0 unspecified atom stereocenters. The van der Waals surface area contributed by atoms with Gasteiger partial charge in [-0.2, -0.15) is 0 Å². The van der Waals surface area contributed by atoms with Gasteiger partial charge in [0.25, 0.3) is 10.0 Å². The van der Waals surface area contributed by atoms with Crippen LogP contribution in [0.15, 0.2) is 27.6 Å². The van der Waals surface area contributed by atoms with Crippen LogP contribution in [0.1, 0.15) is 10.4 Å². The lowest BCUT2D eigenvalue weighted by molar-refractivity contribution is -0.0259. The maximum atomic E-state index is 11.9. The number of carbonyl (C=O) groups is 1. The maximum Gasteiger partial charge on any atom is 0.335 e. The Labute approximate surface area is 107 Å². The molecule has 1 aromatic carbocycles. The largest absolute Gasteiger partial charge is 0.478 e. The zero-order valence-electron chi connectivity index (χ0n) is 9.05. The average molecular weight is 324 g/mol. The van der Waals surface area contributed by atoms with Gasteiger partial charge in [-0.15, -0.1) is 0 Å². The molecule has 0 atom stereocenters. The minimum Gasteiger partial charge on any atom is -0.478 e. The predicted molar refractivity (Wildman–Crippen MR) is 63.1 cm³/mol. The van der Waals surface area contributed by atoms with Crippen molar-refractivity contribution in [1.82, 2.24) is 4.47 Å². The molecule has 1 rings (SSSR count). The van der Waals surface area contributed by atoms with Crippen LogP contribution in [0.25, 0.3) is 0 Å². The quantitative estimate of drug-likeness (QED) is 0.845. The second-order valence-electron chi connectivity index (χ2n) is 3.05. The van der Waals surface area contributed by atoms with Crippen molar-refractivity contribution in [2.24, 2.45) is 0 Å². The molecule has 0 aliphatic rings. The Morgan fingerprint density at radius 2 is 2.06 bits per heavy atom. The van der Waals surface area contributed by atoms with Crippen LogP contribution >= 0.6 is 15.9 Å². The summed E-state index contributed by atoms with van der Waals surface area (Å²) in [6.45, 7) is 0. The molecule has 0 aliphatic heterocycles. The summed E-state index contributed by atoms with van der Waals surface area (Å²) >= 11 is 3.06. The van der Waals surface area contributed by atoms with Crippen molar-refractivity contribution in [2.45, 2.75) is 4.90 Å². The number of hydroxylamine groups is 1. The molecule has 0 saturated carbocycles. The number of aromatic carboxylic acids is 1. The van der Waals surface area contributed by atoms with Crippen LogP contribution < -0.4 is 0 Å². The standard InChI is InChI=1S/C9H10BrNO5S/c1-11(16-2)17(14,15)8-5-6(9(12)13)3-4-7(8)10/h3-5H,1-2H3,(H,12,13). The summed E-state index contributed by atoms with van der Waals surface area (Å²) in [6.07, 6.45) is 0. The first-order chi connectivity index (χ1) is 7.80. The predicted octanol–water partition coefficient (Wildman–Crippen LogP) is 1.33. The van der Waals surface area contributed by atoms with Crippen molar-refractivity contribution >= 4 is 31.9 Å². The van der Waals surface area contributed by atoms with Crippen molar-refractivity contribution in [3.63, 3.8) is 0 Å². The fourth-order valence-electron chi connectivity index (χ4n) is 1.07. The number of hydrogen-bond acceptors (Lipinski definition) is 4. The van der Waals surface area contributed by atoms with Gasteiger partial charge in [-0.05, 0) is 34.1 Å². The number of carboxylic acid groups (broad SMARTS) is 1. The molecular weight excluding hydrogens is 314 g/mol. The van der Waals surface area contributed by atoms with Gasteiger partial charge in [0.05, 0.1) is 17.6 Å². The van der Waals surface area contributed by atoms with Crippen molar-refractivity contribution in [3.05, 3.63) is 28.2 Å². The summed E-state index contributed by atoms with van der Waals surface area (Å²) in [4.78, 5) is 15.2. The second-order valence-corrected chi connectivity index (χ2v) is 5.81. The molecule has 0 fully saturated rings. The highest BCUT2D eigenvalue weighted by atomic mass is 79.9. The lowest BCUT2D eigenvalue weighted by Gasteiger charge is -2.15. The van der Waals surface area contributed by atoms with Crippen molar-refractivity contribution in [2.75, 3.05) is 14.2 Å². The summed E-state index contributed by atoms with van der Waals surface area (Å²) in [6, 6.07) is 3.73. The van der Waals surface area contributed by atoms with Gasteiger partial charge in [0.1, 0.15) is 0 Å². The van der Waals surface area contributed by atoms with Crippen LogP contribution in [-0.2, 0) is 14.9 Å². The van der Waals surface area contributed by atoms with Gasteiger partial charge in [-0.3, -0.25) is 4.84 Å². The SMILES string of the molecule is CON(C)S(=O)(=O)c1cc(C(=O)O)ccc1Br. The fourth-order valence-corrected chi connectivity index (χ4v) is 2.99. The molecule has 17 heavy (non-hydrogen) atoms. The van der Waals surface area contributed by atoms with E-state index in [4.69, 9.17) is 5.11 Å². The second kappa shape index (κ2) is 5.13. The summed E-state index contributed by atoms with van der Waals surface area (Å²) in [5, 5.41) is 8.81. The number of halogens is 1. The lowest BCUT2D eigenvalue weighted by Crippen LogP contribution is -2.26. The van der Waals surface area contributed by atoms with E-state index in [1.165, 1.54) is 26.3 Å². The molecule has 0 aromatic heterocycles. The zero-order chi connectivity index (χ0) is 13.2. The van der Waals surface area contributed by atoms with Gasteiger partial charge in [-0.25, -0.2) is 13.2 Å². The number of rotatable bonds is 4. The van der Waals surface area contributed by atoms with Gasteiger partial charge in [-0.1, -0.05) is 4.47 Å². The van der Waals surface area contributed by atoms with E-state index < -0.39 is 16.0 Å². The number of carboxylic acids is 1. The van der Waals surface area contributed by atoms with E-state index in [9.17, 15) is 13.2 Å². The molecule has 0 bridgehead atoms. The summed E-state index contributed by atoms with van der Waals surface area (Å²) in [5.74, 6) is -1.20. The summed E-state index contributed by atoms with van der Waals surface area (Å²) in [7, 11) is -1.46. The highest BCUT2D eigenvalue weighted by Gasteiger charge is 2.24. The van der Waals surface area contributed by atoms with Crippen LogP contribution in [0.4, 0.5) is 0 Å². The Kier molecular flexibility index (Phi) is 4.26. The van der Waals surface area contributed by atoms with Crippen LogP contribution in [0, 0.1) is 0 Å². The van der Waals surface area contributed by atoms with Crippen LogP contribution in [0.3, 0.4) is 0 Å². The molecule has 94 valence electrons. The average Bonchev–Trinajstić information content (AvgIpc) is 2.27. The minimum absolute atomic E-state index is 0.115. The Morgan fingerprint density at radius 1 is 1.47 bits per heavy atom. The first-order valence-electron chi connectivity index (χ1n) is 4.36. The Morgan fingerprint density at radius 3 is 2.53 bits per heavy atom. The number of hydrogen-bond donors (Lipinski definition) is 1. The lowest BCUT2D eigenvalue weighted by atomic mass is 10.2. The highest BCUT2D eigenvalue weighted by Crippen LogP contribution is 2.25. The molecule has 8 heteroatoms. The van der Waals surface area contributed by atoms with E-state index in [1.54, 1.807) is 0 Å². The smallest absolute Gasteiger partial charge is 0.335 e. The third-order valence-corrected chi connectivity index (χ3v) is 4.73. The third-order valence-electron chi connectivity index (χ3n) is 2.05. The van der Waals surface area contributed by atoms with Crippen molar-refractivity contribution in [3.8, 4) is 0 Å². The van der Waals surface area contributed by atoms with E-state index in [2.05, 4.69) is 20.8 Å². The molecule has 0 aliphatic carbocycles. The van der Waals surface area contributed by atoms with Crippen LogP contribution in [-0.4, -0.2) is 38.1 Å². The first kappa shape index (κ1) is 14.1. The Hall–Kier alpha value is -0.960. The first-order valence-corrected chi connectivity index (χ1v) is 6.60. The number of nitrogens with zero attached hydrogens (tertiary/aromatic N) is 1. The molecular formula is C9H10BrNO5S. The number of benzene rings is 1. The van der Waals surface area contributed by atoms with E-state index in [1.807, 2.05) is 0 Å². The van der Waals surface area contributed by atoms with Gasteiger partial charge in [0.15, 0.2) is 0 Å². The molecule has 0 amide bonds. The Bertz CT molecular complexity index is 542. The molecule has 6 nitrogen and oxygen atoms in total. The van der Waals surface area contributed by atoms with Crippen LogP contribution in [0.2, 0.25) is 0 Å². The summed E-state index contributed by atoms with van der Waals surface area (Å²) < 4.78 is 24.8. The van der Waals surface area contributed by atoms with E-state index in [-0.39, 0.29) is 14.9 Å². The normalized spacial score (nSPS) is 11.8. The van der Waals surface area contributed by atoms with Gasteiger partial charge in [0, 0.05) is 11.5 Å². The van der Waals surface area contributed by atoms with Crippen molar-refractivity contribution < 1.29 is 23.2 Å². The monoisotopic (exact) mass is 323 g/mol. The van der Waals surface area contributed by atoms with Crippen molar-refractivity contribution in [1.29, 1.82) is 0 Å². The molecule has 1 aromatic rings. The van der Waals surface area contributed by atoms with E-state index >= 15 is 0 Å². The van der Waals surface area contributed by atoms with Gasteiger partial charge in [0.2, 0.25) is 0 Å². The van der Waals surface area contributed by atoms with Crippen LogP contribution in [0.5, 0.6) is 0 Å². The zero-order valence-corrected chi connectivity index (χ0v) is 11.4. The number of sulfonamides is 1. The van der Waals surface area contributed by atoms with Gasteiger partial charge >= 0.3 is 5.97 Å². The summed E-state index contributed by atoms with van der Waals surface area (Å²) in [5.41, 5.74) is -0.115. The van der Waals surface area contributed by atoms with Gasteiger partial charge < -0.3 is 5.11 Å². The molecule has 0 radical (unpaired) electrons. The maximum absolute atomic E-state index is 11.9. The Balaban J connectivity index is 3.40. The third kappa shape index (κ3) is 2.83. The molecule has 0 spiro atoms. The van der Waals surface area contributed by atoms with E-state index in [0.717, 1.165) is 6.07 Å². The molecule has 1 N–H and O–H groups in total. The highest BCUT2D eigenvalue weighted by molar-refractivity contribution is 9.10. The molecule has 0 saturated heterocycles. The molecule has 0 heterocycles. The fraction of sp³-hybridized carbons (Fsp3) is 0.222.